The van der Waals surface area contributed by atoms with Crippen LogP contribution in [0.25, 0.3) is 0 Å². The average Bonchev–Trinajstić information content (AvgIpc) is 2.60. The molecule has 0 fully saturated rings. The molecule has 0 bridgehead atoms. The molecule has 0 unspecified atom stereocenters. The van der Waals surface area contributed by atoms with Crippen LogP contribution in [0.2, 0.25) is 4.34 Å². The van der Waals surface area contributed by atoms with Crippen LogP contribution in [0, 0.1) is 0 Å². The maximum Gasteiger partial charge on any atom is 0.190 e. The minimum atomic E-state index is -3.25. The maximum atomic E-state index is 11.6. The molecule has 0 saturated carbocycles. The van der Waals surface area contributed by atoms with E-state index in [1.807, 2.05) is 0 Å². The molecule has 0 atom stereocenters. The van der Waals surface area contributed by atoms with Gasteiger partial charge in [0.2, 0.25) is 0 Å². The van der Waals surface area contributed by atoms with Gasteiger partial charge in [0.15, 0.2) is 9.84 Å². The first-order chi connectivity index (χ1) is 7.06. The van der Waals surface area contributed by atoms with Crippen LogP contribution in [-0.2, 0) is 14.6 Å². The SMILES string of the molecule is NCCOCCS(=O)(=O)c1ccc(Cl)s1. The van der Waals surface area contributed by atoms with Crippen LogP contribution >= 0.6 is 22.9 Å². The molecule has 0 saturated heterocycles. The van der Waals surface area contributed by atoms with E-state index in [2.05, 4.69) is 0 Å². The number of hydrogen-bond acceptors (Lipinski definition) is 5. The molecule has 1 rings (SSSR count). The number of nitrogens with two attached hydrogens (primary N) is 1. The smallest absolute Gasteiger partial charge is 0.190 e. The van der Waals surface area contributed by atoms with E-state index in [4.69, 9.17) is 22.1 Å². The predicted molar refractivity (Wildman–Crippen MR) is 61.3 cm³/mol. The molecule has 7 heteroatoms. The van der Waals surface area contributed by atoms with Crippen LogP contribution in [0.15, 0.2) is 16.3 Å². The Morgan fingerprint density at radius 3 is 2.67 bits per heavy atom. The van der Waals surface area contributed by atoms with E-state index in [1.165, 1.54) is 6.07 Å². The van der Waals surface area contributed by atoms with Crippen molar-refractivity contribution in [1.82, 2.24) is 0 Å². The fraction of sp³-hybridized carbons (Fsp3) is 0.500. The summed E-state index contributed by atoms with van der Waals surface area (Å²) in [5, 5.41) is 0. The summed E-state index contributed by atoms with van der Waals surface area (Å²) in [4.78, 5) is 0. The molecule has 0 aliphatic heterocycles. The lowest BCUT2D eigenvalue weighted by atomic mass is 10.7. The summed E-state index contributed by atoms with van der Waals surface area (Å²) in [6, 6.07) is 3.07. The maximum absolute atomic E-state index is 11.6. The van der Waals surface area contributed by atoms with Crippen LogP contribution in [0.5, 0.6) is 0 Å². The number of ether oxygens (including phenoxy) is 1. The first-order valence-corrected chi connectivity index (χ1v) is 7.17. The van der Waals surface area contributed by atoms with Gasteiger partial charge in [-0.15, -0.1) is 11.3 Å². The monoisotopic (exact) mass is 269 g/mol. The normalized spacial score (nSPS) is 11.9. The third kappa shape index (κ3) is 4.08. The van der Waals surface area contributed by atoms with Crippen LogP contribution in [0.1, 0.15) is 0 Å². The molecule has 15 heavy (non-hydrogen) atoms. The quantitative estimate of drug-likeness (QED) is 0.787. The van der Waals surface area contributed by atoms with Crippen LogP contribution < -0.4 is 5.73 Å². The molecule has 0 spiro atoms. The van der Waals surface area contributed by atoms with E-state index in [-0.39, 0.29) is 16.6 Å². The summed E-state index contributed by atoms with van der Waals surface area (Å²) in [7, 11) is -3.25. The van der Waals surface area contributed by atoms with Crippen molar-refractivity contribution < 1.29 is 13.2 Å². The molecular formula is C8H12ClNO3S2. The zero-order valence-corrected chi connectivity index (χ0v) is 10.4. The third-order valence-electron chi connectivity index (χ3n) is 1.61. The minimum Gasteiger partial charge on any atom is -0.379 e. The second kappa shape index (κ2) is 5.81. The van der Waals surface area contributed by atoms with Gasteiger partial charge in [-0.2, -0.15) is 0 Å². The first kappa shape index (κ1) is 12.9. The van der Waals surface area contributed by atoms with E-state index in [1.54, 1.807) is 6.07 Å². The van der Waals surface area contributed by atoms with Gasteiger partial charge in [0.1, 0.15) is 4.21 Å². The minimum absolute atomic E-state index is 0.0379. The summed E-state index contributed by atoms with van der Waals surface area (Å²) in [6.45, 7) is 0.931. The Balaban J connectivity index is 2.53. The van der Waals surface area contributed by atoms with Crippen molar-refractivity contribution in [1.29, 1.82) is 0 Å². The van der Waals surface area contributed by atoms with Gasteiger partial charge in [0.25, 0.3) is 0 Å². The standard InChI is InChI=1S/C8H12ClNO3S2/c9-7-1-2-8(14-7)15(11,12)6-5-13-4-3-10/h1-2H,3-6,10H2. The van der Waals surface area contributed by atoms with Gasteiger partial charge >= 0.3 is 0 Å². The predicted octanol–water partition coefficient (Wildman–Crippen LogP) is 1.15. The molecule has 0 aromatic carbocycles. The van der Waals surface area contributed by atoms with Crippen molar-refractivity contribution in [2.45, 2.75) is 4.21 Å². The lowest BCUT2D eigenvalue weighted by molar-refractivity contribution is 0.157. The van der Waals surface area contributed by atoms with Crippen LogP contribution in [0.4, 0.5) is 0 Å². The molecular weight excluding hydrogens is 258 g/mol. The van der Waals surface area contributed by atoms with Gasteiger partial charge in [-0.05, 0) is 12.1 Å². The summed E-state index contributed by atoms with van der Waals surface area (Å²) in [5.74, 6) is -0.0379. The Morgan fingerprint density at radius 2 is 2.13 bits per heavy atom. The zero-order chi connectivity index (χ0) is 11.3. The van der Waals surface area contributed by atoms with Gasteiger partial charge < -0.3 is 10.5 Å². The summed E-state index contributed by atoms with van der Waals surface area (Å²) < 4.78 is 29.1. The van der Waals surface area contributed by atoms with Crippen LogP contribution in [0.3, 0.4) is 0 Å². The molecule has 1 heterocycles. The second-order valence-corrected chi connectivity index (χ2v) is 6.83. The van der Waals surface area contributed by atoms with E-state index in [0.717, 1.165) is 11.3 Å². The van der Waals surface area contributed by atoms with Crippen molar-refractivity contribution in [3.63, 3.8) is 0 Å². The molecule has 4 nitrogen and oxygen atoms in total. The Kier molecular flexibility index (Phi) is 5.01. The second-order valence-electron chi connectivity index (χ2n) is 2.78. The first-order valence-electron chi connectivity index (χ1n) is 4.32. The van der Waals surface area contributed by atoms with Crippen molar-refractivity contribution in [2.24, 2.45) is 5.73 Å². The lowest BCUT2D eigenvalue weighted by Gasteiger charge is -2.02. The molecule has 1 aromatic heterocycles. The highest BCUT2D eigenvalue weighted by Crippen LogP contribution is 2.26. The Labute approximate surface area is 97.9 Å². The third-order valence-corrected chi connectivity index (χ3v) is 5.10. The molecule has 86 valence electrons. The molecule has 0 amide bonds. The van der Waals surface area contributed by atoms with Crippen molar-refractivity contribution in [3.05, 3.63) is 16.5 Å². The van der Waals surface area contributed by atoms with Crippen LogP contribution in [-0.4, -0.2) is 33.9 Å². The van der Waals surface area contributed by atoms with Gasteiger partial charge in [0.05, 0.1) is 23.3 Å². The number of rotatable bonds is 6. The Morgan fingerprint density at radius 1 is 1.40 bits per heavy atom. The number of halogens is 1. The average molecular weight is 270 g/mol. The fourth-order valence-corrected chi connectivity index (χ4v) is 3.67. The molecule has 0 aliphatic rings. The topological polar surface area (TPSA) is 69.4 Å². The highest BCUT2D eigenvalue weighted by molar-refractivity contribution is 7.93. The highest BCUT2D eigenvalue weighted by Gasteiger charge is 2.16. The summed E-state index contributed by atoms with van der Waals surface area (Å²) in [6.07, 6.45) is 0. The van der Waals surface area contributed by atoms with E-state index in [0.29, 0.717) is 17.5 Å². The molecule has 2 N–H and O–H groups in total. The largest absolute Gasteiger partial charge is 0.379 e. The number of sulfone groups is 1. The highest BCUT2D eigenvalue weighted by atomic mass is 35.5. The lowest BCUT2D eigenvalue weighted by Crippen LogP contribution is -2.15. The number of hydrogen-bond donors (Lipinski definition) is 1. The summed E-state index contributed by atoms with van der Waals surface area (Å²) >= 11 is 6.71. The fourth-order valence-electron chi connectivity index (χ4n) is 0.919. The van der Waals surface area contributed by atoms with Gasteiger partial charge in [-0.25, -0.2) is 8.42 Å². The molecule has 0 aliphatic carbocycles. The van der Waals surface area contributed by atoms with E-state index >= 15 is 0 Å². The van der Waals surface area contributed by atoms with Gasteiger partial charge in [-0.3, -0.25) is 0 Å². The zero-order valence-electron chi connectivity index (χ0n) is 7.98. The Hall–Kier alpha value is -0.140. The Bertz CT molecular complexity index is 402. The van der Waals surface area contributed by atoms with E-state index in [9.17, 15) is 8.42 Å². The molecule has 0 radical (unpaired) electrons. The molecule has 1 aromatic rings. The van der Waals surface area contributed by atoms with E-state index < -0.39 is 9.84 Å². The van der Waals surface area contributed by atoms with Crippen molar-refractivity contribution in [3.8, 4) is 0 Å². The van der Waals surface area contributed by atoms with Gasteiger partial charge in [0, 0.05) is 6.54 Å². The van der Waals surface area contributed by atoms with Crippen molar-refractivity contribution in [2.75, 3.05) is 25.5 Å². The van der Waals surface area contributed by atoms with Crippen molar-refractivity contribution >= 4 is 32.8 Å². The van der Waals surface area contributed by atoms with Gasteiger partial charge in [-0.1, -0.05) is 11.6 Å². The summed E-state index contributed by atoms with van der Waals surface area (Å²) in [5.41, 5.74) is 5.20. The number of thiophene rings is 1.